The zero-order chi connectivity index (χ0) is 26.1. The van der Waals surface area contributed by atoms with Crippen LogP contribution in [0.1, 0.15) is 48.1 Å². The summed E-state index contributed by atoms with van der Waals surface area (Å²) in [5.74, 6) is 0. The van der Waals surface area contributed by atoms with Crippen LogP contribution < -0.4 is 10.0 Å². The number of urea groups is 1. The van der Waals surface area contributed by atoms with Crippen molar-refractivity contribution >= 4 is 27.3 Å². The Hall–Kier alpha value is -3.70. The van der Waals surface area contributed by atoms with E-state index in [-0.39, 0.29) is 5.03 Å². The van der Waals surface area contributed by atoms with Crippen molar-refractivity contribution in [1.29, 1.82) is 0 Å². The van der Waals surface area contributed by atoms with Crippen LogP contribution in [0.25, 0.3) is 16.6 Å². The van der Waals surface area contributed by atoms with Gasteiger partial charge in [-0.15, -0.1) is 0 Å². The van der Waals surface area contributed by atoms with Crippen LogP contribution in [0, 0.1) is 6.92 Å². The van der Waals surface area contributed by atoms with E-state index in [1.54, 1.807) is 21.5 Å². The van der Waals surface area contributed by atoms with E-state index in [1.165, 1.54) is 5.56 Å². The summed E-state index contributed by atoms with van der Waals surface area (Å²) in [6.07, 6.45) is 9.07. The van der Waals surface area contributed by atoms with Crippen LogP contribution in [-0.2, 0) is 39.7 Å². The Kier molecular flexibility index (Phi) is 5.18. The molecule has 4 aromatic rings. The van der Waals surface area contributed by atoms with Gasteiger partial charge in [-0.1, -0.05) is 6.07 Å². The lowest BCUT2D eigenvalue weighted by atomic mass is 9.77. The molecule has 2 aliphatic carbocycles. The Morgan fingerprint density at radius 2 is 2.00 bits per heavy atom. The maximum atomic E-state index is 13.2. The molecule has 4 heterocycles. The monoisotopic (exact) mass is 532 g/mol. The number of sulfonamides is 1. The standard InChI is InChI=1S/C27H28N6O4S/c1-17-14-18-4-2-5-21(18)25(24(17)19-7-11-32-20(15-19)6-10-28-32)29-26(34)31-38(35,36)23-16-22-27(8-3-9-27)37-13-12-33(22)30-23/h6-7,10-11,14-16H,2-5,8-9,12-13H2,1H3,(H2,29,31,34). The number of benzene rings is 1. The third-order valence-corrected chi connectivity index (χ3v) is 9.30. The average Bonchev–Trinajstić information content (AvgIpc) is 3.61. The van der Waals surface area contributed by atoms with Crippen molar-refractivity contribution < 1.29 is 17.9 Å². The fraction of sp³-hybridized carbons (Fsp3) is 0.370. The van der Waals surface area contributed by atoms with E-state index in [0.717, 1.165) is 72.0 Å². The second-order valence-electron chi connectivity index (χ2n) is 10.4. The van der Waals surface area contributed by atoms with Crippen molar-refractivity contribution in [2.75, 3.05) is 11.9 Å². The van der Waals surface area contributed by atoms with Gasteiger partial charge in [0.05, 0.1) is 30.0 Å². The Morgan fingerprint density at radius 1 is 1.13 bits per heavy atom. The molecule has 10 nitrogen and oxygen atoms in total. The summed E-state index contributed by atoms with van der Waals surface area (Å²) in [4.78, 5) is 13.2. The van der Waals surface area contributed by atoms with Gasteiger partial charge in [-0.05, 0) is 85.9 Å². The van der Waals surface area contributed by atoms with E-state index in [4.69, 9.17) is 4.74 Å². The van der Waals surface area contributed by atoms with Crippen LogP contribution in [0.2, 0.25) is 0 Å². The minimum Gasteiger partial charge on any atom is -0.367 e. The number of nitrogens with one attached hydrogen (secondary N) is 2. The van der Waals surface area contributed by atoms with Crippen LogP contribution in [-0.4, -0.2) is 40.5 Å². The minimum atomic E-state index is -4.19. The fourth-order valence-electron chi connectivity index (χ4n) is 6.16. The first-order valence-electron chi connectivity index (χ1n) is 13.0. The predicted octanol–water partition coefficient (Wildman–Crippen LogP) is 3.91. The number of fused-ring (bicyclic) bond motifs is 4. The summed E-state index contributed by atoms with van der Waals surface area (Å²) in [5.41, 5.74) is 6.95. The van der Waals surface area contributed by atoms with E-state index in [0.29, 0.717) is 18.8 Å². The molecule has 11 heteroatoms. The topological polar surface area (TPSA) is 120 Å². The number of rotatable bonds is 4. The van der Waals surface area contributed by atoms with Crippen molar-refractivity contribution in [3.8, 4) is 11.1 Å². The molecule has 0 radical (unpaired) electrons. The summed E-state index contributed by atoms with van der Waals surface area (Å²) in [5, 5.41) is 11.3. The Balaban J connectivity index is 1.22. The first-order valence-corrected chi connectivity index (χ1v) is 14.5. The quantitative estimate of drug-likeness (QED) is 0.411. The lowest BCUT2D eigenvalue weighted by molar-refractivity contribution is -0.131. The SMILES string of the molecule is Cc1cc2c(c(NC(=O)NS(=O)(=O)c3cc4n(n3)CCOC43CCC3)c1-c1ccn3nccc3c1)CCC2. The Morgan fingerprint density at radius 3 is 2.82 bits per heavy atom. The average molecular weight is 533 g/mol. The normalized spacial score (nSPS) is 17.7. The number of amides is 2. The van der Waals surface area contributed by atoms with E-state index in [9.17, 15) is 13.2 Å². The number of carbonyl (C=O) groups is 1. The number of hydrogen-bond donors (Lipinski definition) is 2. The second kappa shape index (κ2) is 8.40. The van der Waals surface area contributed by atoms with Crippen molar-refractivity contribution in [1.82, 2.24) is 24.1 Å². The maximum absolute atomic E-state index is 13.2. The molecule has 1 aliphatic heterocycles. The molecule has 196 valence electrons. The van der Waals surface area contributed by atoms with Crippen molar-refractivity contribution in [2.24, 2.45) is 0 Å². The highest BCUT2D eigenvalue weighted by Gasteiger charge is 2.45. The second-order valence-corrected chi connectivity index (χ2v) is 12.0. The van der Waals surface area contributed by atoms with E-state index in [2.05, 4.69) is 26.3 Å². The Bertz CT molecular complexity index is 1720. The van der Waals surface area contributed by atoms with Gasteiger partial charge in [0.2, 0.25) is 0 Å². The lowest BCUT2D eigenvalue weighted by Crippen LogP contribution is -2.43. The first-order chi connectivity index (χ1) is 18.3. The molecule has 0 atom stereocenters. The molecule has 38 heavy (non-hydrogen) atoms. The molecule has 1 spiro atoms. The maximum Gasteiger partial charge on any atom is 0.333 e. The number of aryl methyl sites for hydroxylation is 2. The number of ether oxygens (including phenoxy) is 1. The van der Waals surface area contributed by atoms with E-state index < -0.39 is 21.7 Å². The third kappa shape index (κ3) is 3.64. The third-order valence-electron chi connectivity index (χ3n) is 8.09. The molecule has 7 rings (SSSR count). The zero-order valence-corrected chi connectivity index (χ0v) is 21.8. The molecule has 1 saturated carbocycles. The predicted molar refractivity (Wildman–Crippen MR) is 140 cm³/mol. The summed E-state index contributed by atoms with van der Waals surface area (Å²) >= 11 is 0. The number of pyridine rings is 1. The van der Waals surface area contributed by atoms with Gasteiger partial charge in [0.1, 0.15) is 5.60 Å². The molecular weight excluding hydrogens is 504 g/mol. The van der Waals surface area contributed by atoms with Crippen molar-refractivity contribution in [3.05, 3.63) is 65.1 Å². The molecular formula is C27H28N6O4S. The first kappa shape index (κ1) is 23.4. The molecule has 3 aromatic heterocycles. The molecule has 0 saturated heterocycles. The minimum absolute atomic E-state index is 0.166. The van der Waals surface area contributed by atoms with E-state index in [1.807, 2.05) is 31.3 Å². The van der Waals surface area contributed by atoms with Gasteiger partial charge in [-0.3, -0.25) is 4.68 Å². The number of anilines is 1. The molecule has 2 N–H and O–H groups in total. The highest BCUT2D eigenvalue weighted by molar-refractivity contribution is 7.90. The van der Waals surface area contributed by atoms with Crippen molar-refractivity contribution in [2.45, 2.75) is 62.6 Å². The van der Waals surface area contributed by atoms with Gasteiger partial charge >= 0.3 is 6.03 Å². The molecule has 0 bridgehead atoms. The smallest absolute Gasteiger partial charge is 0.333 e. The number of hydrogen-bond acceptors (Lipinski definition) is 6. The molecule has 1 fully saturated rings. The highest BCUT2D eigenvalue weighted by atomic mass is 32.2. The van der Waals surface area contributed by atoms with Gasteiger partial charge in [0.25, 0.3) is 10.0 Å². The van der Waals surface area contributed by atoms with Crippen LogP contribution in [0.3, 0.4) is 0 Å². The molecule has 0 unspecified atom stereocenters. The van der Waals surface area contributed by atoms with Gasteiger partial charge in [0.15, 0.2) is 5.03 Å². The highest BCUT2D eigenvalue weighted by Crippen LogP contribution is 2.47. The summed E-state index contributed by atoms with van der Waals surface area (Å²) in [7, 11) is -4.19. The summed E-state index contributed by atoms with van der Waals surface area (Å²) in [6, 6.07) is 8.80. The van der Waals surface area contributed by atoms with Crippen LogP contribution in [0.5, 0.6) is 0 Å². The van der Waals surface area contributed by atoms with Gasteiger partial charge in [-0.25, -0.2) is 14.0 Å². The van der Waals surface area contributed by atoms with Crippen LogP contribution >= 0.6 is 0 Å². The molecule has 1 aromatic carbocycles. The summed E-state index contributed by atoms with van der Waals surface area (Å²) in [6.45, 7) is 3.00. The fourth-order valence-corrected chi connectivity index (χ4v) is 7.03. The summed E-state index contributed by atoms with van der Waals surface area (Å²) < 4.78 is 38.1. The molecule has 3 aliphatic rings. The van der Waals surface area contributed by atoms with Gasteiger partial charge in [-0.2, -0.15) is 18.6 Å². The van der Waals surface area contributed by atoms with E-state index >= 15 is 0 Å². The van der Waals surface area contributed by atoms with Crippen molar-refractivity contribution in [3.63, 3.8) is 0 Å². The van der Waals surface area contributed by atoms with Crippen LogP contribution in [0.15, 0.2) is 47.8 Å². The number of nitrogens with zero attached hydrogens (tertiary/aromatic N) is 4. The Labute approximate surface area is 220 Å². The van der Waals surface area contributed by atoms with Gasteiger partial charge in [0, 0.05) is 24.0 Å². The van der Waals surface area contributed by atoms with Crippen LogP contribution in [0.4, 0.5) is 10.5 Å². The zero-order valence-electron chi connectivity index (χ0n) is 21.0. The number of aromatic nitrogens is 4. The molecule has 2 amide bonds. The lowest BCUT2D eigenvalue weighted by Gasteiger charge is -2.44. The van der Waals surface area contributed by atoms with Gasteiger partial charge < -0.3 is 10.1 Å². The largest absolute Gasteiger partial charge is 0.367 e. The number of carbonyl (C=O) groups excluding carboxylic acids is 1.